The van der Waals surface area contributed by atoms with E-state index in [4.69, 9.17) is 19.6 Å². The van der Waals surface area contributed by atoms with Gasteiger partial charge in [0.05, 0.1) is 25.1 Å². The van der Waals surface area contributed by atoms with E-state index in [9.17, 15) is 0 Å². The van der Waals surface area contributed by atoms with Gasteiger partial charge in [0.1, 0.15) is 18.0 Å². The molecule has 0 amide bonds. The first-order chi connectivity index (χ1) is 14.1. The minimum absolute atomic E-state index is 0. The van der Waals surface area contributed by atoms with Crippen molar-refractivity contribution < 1.29 is 13.9 Å². The summed E-state index contributed by atoms with van der Waals surface area (Å²) in [6.07, 6.45) is 1.69. The predicted molar refractivity (Wildman–Crippen MR) is 130 cm³/mol. The van der Waals surface area contributed by atoms with E-state index in [-0.39, 0.29) is 36.5 Å². The Labute approximate surface area is 193 Å². The molecule has 8 heteroatoms. The molecular weight excluding hydrogens is 495 g/mol. The zero-order valence-electron chi connectivity index (χ0n) is 17.3. The van der Waals surface area contributed by atoms with Crippen molar-refractivity contribution in [2.75, 3.05) is 18.5 Å². The van der Waals surface area contributed by atoms with Crippen LogP contribution in [-0.4, -0.2) is 24.2 Å². The molecule has 0 saturated carbocycles. The quantitative estimate of drug-likeness (QED) is 0.246. The van der Waals surface area contributed by atoms with Crippen LogP contribution in [0.15, 0.2) is 58.1 Å². The summed E-state index contributed by atoms with van der Waals surface area (Å²) in [4.78, 5) is 8.60. The molecule has 0 fully saturated rings. The maximum absolute atomic E-state index is 6.05. The molecule has 3 rings (SSSR count). The van der Waals surface area contributed by atoms with E-state index in [1.165, 1.54) is 5.56 Å². The Balaban J connectivity index is 0.00000320. The van der Waals surface area contributed by atoms with Gasteiger partial charge in [0.25, 0.3) is 0 Å². The number of hydrogen-bond acceptors (Lipinski definition) is 5. The number of nitrogens with zero attached hydrogens (tertiary/aromatic N) is 2. The van der Waals surface area contributed by atoms with Crippen LogP contribution in [-0.2, 0) is 6.54 Å². The number of benzene rings is 2. The molecule has 0 spiro atoms. The topological polar surface area (TPSA) is 94.9 Å². The molecule has 0 aliphatic rings. The van der Waals surface area contributed by atoms with Gasteiger partial charge in [0, 0.05) is 11.6 Å². The molecule has 0 radical (unpaired) electrons. The van der Waals surface area contributed by atoms with Crippen molar-refractivity contribution in [2.45, 2.75) is 27.3 Å². The summed E-state index contributed by atoms with van der Waals surface area (Å²) in [5.74, 6) is 2.81. The first-order valence-corrected chi connectivity index (χ1v) is 9.57. The number of hydrogen-bond donors (Lipinski definition) is 2. The van der Waals surface area contributed by atoms with Crippen molar-refractivity contribution in [3.63, 3.8) is 0 Å². The predicted octanol–water partition coefficient (Wildman–Crippen LogP) is 4.99. The minimum atomic E-state index is 0. The Morgan fingerprint density at radius 3 is 2.53 bits per heavy atom. The molecule has 7 nitrogen and oxygen atoms in total. The van der Waals surface area contributed by atoms with Gasteiger partial charge in [-0.2, -0.15) is 0 Å². The number of aromatic nitrogens is 1. The zero-order valence-corrected chi connectivity index (χ0v) is 19.7. The highest BCUT2D eigenvalue weighted by Gasteiger charge is 2.09. The van der Waals surface area contributed by atoms with E-state index in [1.807, 2.05) is 63.2 Å². The van der Waals surface area contributed by atoms with Crippen LogP contribution in [0, 0.1) is 6.92 Å². The highest BCUT2D eigenvalue weighted by atomic mass is 127. The van der Waals surface area contributed by atoms with Crippen LogP contribution in [0.4, 0.5) is 5.69 Å². The fourth-order valence-corrected chi connectivity index (χ4v) is 2.71. The highest BCUT2D eigenvalue weighted by Crippen LogP contribution is 2.29. The number of guanidine groups is 1. The molecule has 3 aromatic rings. The average Bonchev–Trinajstić information content (AvgIpc) is 3.18. The Hall–Kier alpha value is -2.75. The van der Waals surface area contributed by atoms with E-state index >= 15 is 0 Å². The summed E-state index contributed by atoms with van der Waals surface area (Å²) in [6, 6.07) is 13.6. The van der Waals surface area contributed by atoms with Crippen LogP contribution in [0.1, 0.15) is 25.3 Å². The highest BCUT2D eigenvalue weighted by molar-refractivity contribution is 14.0. The number of oxazole rings is 1. The van der Waals surface area contributed by atoms with Crippen molar-refractivity contribution >= 4 is 35.6 Å². The molecule has 3 N–H and O–H groups in total. The Kier molecular flexibility index (Phi) is 8.97. The normalized spacial score (nSPS) is 11.0. The number of rotatable bonds is 8. The summed E-state index contributed by atoms with van der Waals surface area (Å²) in [6.45, 7) is 7.23. The molecule has 0 bridgehead atoms. The maximum atomic E-state index is 6.05. The van der Waals surface area contributed by atoms with Gasteiger partial charge >= 0.3 is 0 Å². The third kappa shape index (κ3) is 6.38. The number of ether oxygens (including phenoxy) is 2. The Bertz CT molecular complexity index is 971. The molecule has 2 aromatic carbocycles. The van der Waals surface area contributed by atoms with E-state index in [0.717, 1.165) is 11.3 Å². The van der Waals surface area contributed by atoms with Gasteiger partial charge in [-0.05, 0) is 32.9 Å². The average molecular weight is 522 g/mol. The molecular formula is C22H27IN4O3. The molecule has 0 aliphatic heterocycles. The van der Waals surface area contributed by atoms with Crippen molar-refractivity contribution in [3.8, 4) is 22.8 Å². The second-order valence-electron chi connectivity index (χ2n) is 6.33. The van der Waals surface area contributed by atoms with Crippen LogP contribution < -0.4 is 20.5 Å². The summed E-state index contributed by atoms with van der Waals surface area (Å²) in [7, 11) is 0. The van der Waals surface area contributed by atoms with Crippen LogP contribution >= 0.6 is 24.0 Å². The van der Waals surface area contributed by atoms with Gasteiger partial charge in [-0.15, -0.1) is 24.0 Å². The molecule has 1 heterocycles. The van der Waals surface area contributed by atoms with Gasteiger partial charge in [-0.25, -0.2) is 9.98 Å². The molecule has 0 aliphatic carbocycles. The fraction of sp³-hybridized carbons (Fsp3) is 0.273. The molecule has 0 unspecified atom stereocenters. The molecule has 1 aromatic heterocycles. The van der Waals surface area contributed by atoms with Crippen LogP contribution in [0.5, 0.6) is 11.5 Å². The first-order valence-electron chi connectivity index (χ1n) is 9.57. The summed E-state index contributed by atoms with van der Waals surface area (Å²) in [5, 5.41) is 3.06. The van der Waals surface area contributed by atoms with Crippen LogP contribution in [0.2, 0.25) is 0 Å². The number of aryl methyl sites for hydroxylation is 1. The van der Waals surface area contributed by atoms with Gasteiger partial charge < -0.3 is 24.9 Å². The number of anilines is 1. The largest absolute Gasteiger partial charge is 0.494 e. The maximum Gasteiger partial charge on any atom is 0.216 e. The number of halogens is 1. The van der Waals surface area contributed by atoms with Gasteiger partial charge in [0.15, 0.2) is 11.7 Å². The minimum Gasteiger partial charge on any atom is -0.494 e. The van der Waals surface area contributed by atoms with Crippen LogP contribution in [0.25, 0.3) is 11.3 Å². The molecule has 30 heavy (non-hydrogen) atoms. The third-order valence-electron chi connectivity index (χ3n) is 4.10. The van der Waals surface area contributed by atoms with Crippen molar-refractivity contribution in [2.24, 2.45) is 10.7 Å². The number of aliphatic imine (C=N–C) groups is 1. The standard InChI is InChI=1S/C22H26N4O3.HI/c1-4-27-17-10-11-19(28-5-2)18(12-17)26-22(23)25-14-21-24-13-20(29-21)16-8-6-15(3)7-9-16;/h6-13H,4-5,14H2,1-3H3,(H3,23,25,26);1H. The van der Waals surface area contributed by atoms with Crippen molar-refractivity contribution in [1.29, 1.82) is 0 Å². The van der Waals surface area contributed by atoms with Crippen molar-refractivity contribution in [3.05, 3.63) is 60.1 Å². The lowest BCUT2D eigenvalue weighted by atomic mass is 10.1. The zero-order chi connectivity index (χ0) is 20.6. The summed E-state index contributed by atoms with van der Waals surface area (Å²) < 4.78 is 17.0. The summed E-state index contributed by atoms with van der Waals surface area (Å²) >= 11 is 0. The van der Waals surface area contributed by atoms with Crippen molar-refractivity contribution in [1.82, 2.24) is 4.98 Å². The molecule has 0 saturated heterocycles. The Morgan fingerprint density at radius 2 is 1.83 bits per heavy atom. The molecule has 160 valence electrons. The number of nitrogens with one attached hydrogen (secondary N) is 1. The second-order valence-corrected chi connectivity index (χ2v) is 6.33. The van der Waals surface area contributed by atoms with Gasteiger partial charge in [0.2, 0.25) is 5.89 Å². The fourth-order valence-electron chi connectivity index (χ4n) is 2.71. The lowest BCUT2D eigenvalue weighted by Gasteiger charge is -2.13. The lowest BCUT2D eigenvalue weighted by Crippen LogP contribution is -2.23. The second kappa shape index (κ2) is 11.4. The molecule has 0 atom stereocenters. The summed E-state index contributed by atoms with van der Waals surface area (Å²) in [5.41, 5.74) is 8.90. The van der Waals surface area contributed by atoms with Gasteiger partial charge in [-0.3, -0.25) is 0 Å². The van der Waals surface area contributed by atoms with E-state index in [0.29, 0.717) is 36.3 Å². The van der Waals surface area contributed by atoms with E-state index in [2.05, 4.69) is 15.3 Å². The Morgan fingerprint density at radius 1 is 1.10 bits per heavy atom. The number of nitrogens with two attached hydrogens (primary N) is 1. The van der Waals surface area contributed by atoms with E-state index < -0.39 is 0 Å². The van der Waals surface area contributed by atoms with Gasteiger partial charge in [-0.1, -0.05) is 29.8 Å². The van der Waals surface area contributed by atoms with E-state index in [1.54, 1.807) is 6.20 Å². The third-order valence-corrected chi connectivity index (χ3v) is 4.10. The SMILES string of the molecule is CCOc1ccc(OCC)c(NC(N)=NCc2ncc(-c3ccc(C)cc3)o2)c1.I. The monoisotopic (exact) mass is 522 g/mol. The van der Waals surface area contributed by atoms with Crippen LogP contribution in [0.3, 0.4) is 0 Å². The smallest absolute Gasteiger partial charge is 0.216 e. The lowest BCUT2D eigenvalue weighted by molar-refractivity contribution is 0.332. The first kappa shape index (κ1) is 23.5.